The number of carbonyl (C=O) groups is 1. The largest absolute Gasteiger partial charge is 0.508 e. The summed E-state index contributed by atoms with van der Waals surface area (Å²) in [6, 6.07) is 3.12. The van der Waals surface area contributed by atoms with E-state index in [9.17, 15) is 23.1 Å². The third-order valence-corrected chi connectivity index (χ3v) is 3.71. The highest BCUT2D eigenvalue weighted by atomic mass is 19.3. The molecule has 0 spiro atoms. The van der Waals surface area contributed by atoms with Crippen molar-refractivity contribution in [2.24, 2.45) is 0 Å². The molecule has 0 bridgehead atoms. The summed E-state index contributed by atoms with van der Waals surface area (Å²) in [5, 5.41) is 18.5. The minimum atomic E-state index is -2.90. The molecule has 0 aliphatic heterocycles. The Morgan fingerprint density at radius 1 is 1.16 bits per heavy atom. The van der Waals surface area contributed by atoms with Crippen molar-refractivity contribution in [2.75, 3.05) is 0 Å². The van der Waals surface area contributed by atoms with E-state index in [1.54, 1.807) is 0 Å². The van der Waals surface area contributed by atoms with Crippen molar-refractivity contribution in [2.45, 2.75) is 37.0 Å². The first-order chi connectivity index (χ1) is 8.77. The number of halogens is 3. The number of benzene rings is 1. The van der Waals surface area contributed by atoms with Crippen LogP contribution in [0.25, 0.3) is 0 Å². The number of aliphatic carboxylic acids is 1. The second kappa shape index (κ2) is 4.43. The normalized spacial score (nSPS) is 21.0. The summed E-state index contributed by atoms with van der Waals surface area (Å²) in [5.41, 5.74) is -1.78. The van der Waals surface area contributed by atoms with E-state index in [-0.39, 0.29) is 24.2 Å². The summed E-state index contributed by atoms with van der Waals surface area (Å²) in [5.74, 6) is -5.42. The molecular formula is C13H13F3O3. The van der Waals surface area contributed by atoms with E-state index < -0.39 is 36.0 Å². The molecule has 1 aliphatic carbocycles. The van der Waals surface area contributed by atoms with Crippen LogP contribution in [0.5, 0.6) is 5.75 Å². The first kappa shape index (κ1) is 13.7. The van der Waals surface area contributed by atoms with Crippen molar-refractivity contribution < 1.29 is 28.2 Å². The van der Waals surface area contributed by atoms with Crippen LogP contribution in [0.1, 0.15) is 31.2 Å². The molecule has 1 fully saturated rings. The Morgan fingerprint density at radius 3 is 2.21 bits per heavy atom. The van der Waals surface area contributed by atoms with Gasteiger partial charge in [0.1, 0.15) is 11.6 Å². The molecular weight excluding hydrogens is 261 g/mol. The average molecular weight is 274 g/mol. The fraction of sp³-hybridized carbons (Fsp3) is 0.462. The smallest absolute Gasteiger partial charge is 0.314 e. The molecule has 3 nitrogen and oxygen atoms in total. The molecule has 1 saturated carbocycles. The number of hydrogen-bond acceptors (Lipinski definition) is 2. The van der Waals surface area contributed by atoms with Crippen LogP contribution in [0, 0.1) is 5.82 Å². The van der Waals surface area contributed by atoms with Crippen LogP contribution >= 0.6 is 0 Å². The van der Waals surface area contributed by atoms with Gasteiger partial charge in [0.2, 0.25) is 5.92 Å². The minimum Gasteiger partial charge on any atom is -0.508 e. The van der Waals surface area contributed by atoms with E-state index >= 15 is 0 Å². The highest BCUT2D eigenvalue weighted by Crippen LogP contribution is 2.46. The van der Waals surface area contributed by atoms with Crippen LogP contribution in [-0.2, 0) is 10.2 Å². The zero-order valence-electron chi connectivity index (χ0n) is 10.00. The SMILES string of the molecule is O=C(O)C1(c2ccc(O)cc2F)CCC(F)(F)CC1. The van der Waals surface area contributed by atoms with Gasteiger partial charge < -0.3 is 10.2 Å². The number of phenols is 1. The highest BCUT2D eigenvalue weighted by Gasteiger charge is 2.50. The van der Waals surface area contributed by atoms with E-state index in [2.05, 4.69) is 0 Å². The fourth-order valence-electron chi connectivity index (χ4n) is 2.53. The van der Waals surface area contributed by atoms with E-state index in [4.69, 9.17) is 5.11 Å². The standard InChI is InChI=1S/C13H13F3O3/c14-10-7-8(17)1-2-9(10)12(11(18)19)3-5-13(15,16)6-4-12/h1-2,7,17H,3-6H2,(H,18,19). The molecule has 0 radical (unpaired) electrons. The lowest BCUT2D eigenvalue weighted by Gasteiger charge is -2.37. The number of carboxylic acids is 1. The lowest BCUT2D eigenvalue weighted by Crippen LogP contribution is -2.43. The summed E-state index contributed by atoms with van der Waals surface area (Å²) >= 11 is 0. The van der Waals surface area contributed by atoms with E-state index in [0.29, 0.717) is 0 Å². The monoisotopic (exact) mass is 274 g/mol. The van der Waals surface area contributed by atoms with Gasteiger partial charge in [-0.05, 0) is 18.9 Å². The quantitative estimate of drug-likeness (QED) is 0.871. The molecule has 0 saturated heterocycles. The summed E-state index contributed by atoms with van der Waals surface area (Å²) in [6.45, 7) is 0. The van der Waals surface area contributed by atoms with Gasteiger partial charge in [0.05, 0.1) is 5.41 Å². The van der Waals surface area contributed by atoms with Crippen molar-refractivity contribution in [3.05, 3.63) is 29.6 Å². The third kappa shape index (κ3) is 2.39. The topological polar surface area (TPSA) is 57.5 Å². The first-order valence-corrected chi connectivity index (χ1v) is 5.87. The van der Waals surface area contributed by atoms with Crippen LogP contribution in [0.15, 0.2) is 18.2 Å². The van der Waals surface area contributed by atoms with E-state index in [1.165, 1.54) is 0 Å². The van der Waals surface area contributed by atoms with E-state index in [1.807, 2.05) is 0 Å². The zero-order chi connectivity index (χ0) is 14.3. The lowest BCUT2D eigenvalue weighted by atomic mass is 9.68. The fourth-order valence-corrected chi connectivity index (χ4v) is 2.53. The number of alkyl halides is 2. The van der Waals surface area contributed by atoms with Gasteiger partial charge in [-0.25, -0.2) is 13.2 Å². The van der Waals surface area contributed by atoms with Crippen molar-refractivity contribution in [3.8, 4) is 5.75 Å². The molecule has 2 rings (SSSR count). The van der Waals surface area contributed by atoms with Gasteiger partial charge in [0.15, 0.2) is 0 Å². The van der Waals surface area contributed by atoms with Crippen molar-refractivity contribution >= 4 is 5.97 Å². The van der Waals surface area contributed by atoms with Gasteiger partial charge in [0.25, 0.3) is 0 Å². The number of carboxylic acid groups (broad SMARTS) is 1. The predicted octanol–water partition coefficient (Wildman–Crippen LogP) is 3.06. The van der Waals surface area contributed by atoms with Gasteiger partial charge in [-0.1, -0.05) is 6.07 Å². The zero-order valence-corrected chi connectivity index (χ0v) is 10.00. The maximum absolute atomic E-state index is 13.8. The second-order valence-electron chi connectivity index (χ2n) is 4.91. The Bertz CT molecular complexity index is 504. The molecule has 6 heteroatoms. The van der Waals surface area contributed by atoms with Crippen molar-refractivity contribution in [3.63, 3.8) is 0 Å². The minimum absolute atomic E-state index is 0.145. The summed E-state index contributed by atoms with van der Waals surface area (Å²) < 4.78 is 40.2. The number of aromatic hydroxyl groups is 1. The van der Waals surface area contributed by atoms with Crippen LogP contribution < -0.4 is 0 Å². The van der Waals surface area contributed by atoms with Gasteiger partial charge >= 0.3 is 5.97 Å². The number of hydrogen-bond donors (Lipinski definition) is 2. The Morgan fingerprint density at radius 2 is 1.74 bits per heavy atom. The summed E-state index contributed by atoms with van der Waals surface area (Å²) in [4.78, 5) is 11.5. The number of phenolic OH excluding ortho intramolecular Hbond substituents is 1. The summed E-state index contributed by atoms with van der Waals surface area (Å²) in [6.07, 6.45) is -1.81. The van der Waals surface area contributed by atoms with Crippen LogP contribution in [-0.4, -0.2) is 22.1 Å². The molecule has 0 aromatic heterocycles. The first-order valence-electron chi connectivity index (χ1n) is 5.87. The van der Waals surface area contributed by atoms with Crippen molar-refractivity contribution in [1.29, 1.82) is 0 Å². The molecule has 1 aromatic rings. The average Bonchev–Trinajstić information content (AvgIpc) is 2.30. The Labute approximate surface area is 107 Å². The molecule has 2 N–H and O–H groups in total. The molecule has 1 aromatic carbocycles. The maximum atomic E-state index is 13.8. The molecule has 0 amide bonds. The van der Waals surface area contributed by atoms with Crippen molar-refractivity contribution in [1.82, 2.24) is 0 Å². The third-order valence-electron chi connectivity index (χ3n) is 3.71. The molecule has 0 atom stereocenters. The molecule has 0 heterocycles. The molecule has 1 aliphatic rings. The molecule has 0 unspecified atom stereocenters. The Hall–Kier alpha value is -1.72. The van der Waals surface area contributed by atoms with Gasteiger partial charge in [-0.15, -0.1) is 0 Å². The number of rotatable bonds is 2. The second-order valence-corrected chi connectivity index (χ2v) is 4.91. The Kier molecular flexibility index (Phi) is 3.20. The van der Waals surface area contributed by atoms with Gasteiger partial charge in [0, 0.05) is 24.5 Å². The summed E-state index contributed by atoms with van der Waals surface area (Å²) in [7, 11) is 0. The van der Waals surface area contributed by atoms with Crippen LogP contribution in [0.2, 0.25) is 0 Å². The highest BCUT2D eigenvalue weighted by molar-refractivity contribution is 5.81. The van der Waals surface area contributed by atoms with E-state index in [0.717, 1.165) is 18.2 Å². The van der Waals surface area contributed by atoms with Crippen LogP contribution in [0.3, 0.4) is 0 Å². The molecule has 19 heavy (non-hydrogen) atoms. The molecule has 104 valence electrons. The Balaban J connectivity index is 2.44. The maximum Gasteiger partial charge on any atom is 0.314 e. The van der Waals surface area contributed by atoms with Gasteiger partial charge in [-0.3, -0.25) is 4.79 Å². The predicted molar refractivity (Wildman–Crippen MR) is 60.8 cm³/mol. The van der Waals surface area contributed by atoms with Crippen LogP contribution in [0.4, 0.5) is 13.2 Å². The lowest BCUT2D eigenvalue weighted by molar-refractivity contribution is -0.149. The van der Waals surface area contributed by atoms with Gasteiger partial charge in [-0.2, -0.15) is 0 Å².